The molecule has 1 amide bonds. The normalized spacial score (nSPS) is 18.8. The number of carboxylic acid groups (broad SMARTS) is 1. The highest BCUT2D eigenvalue weighted by Crippen LogP contribution is 2.25. The van der Waals surface area contributed by atoms with Crippen LogP contribution in [0.1, 0.15) is 26.3 Å². The van der Waals surface area contributed by atoms with Gasteiger partial charge in [-0.3, -0.25) is 4.79 Å². The van der Waals surface area contributed by atoms with Gasteiger partial charge in [-0.15, -0.1) is 0 Å². The Morgan fingerprint density at radius 2 is 1.96 bits per heavy atom. The van der Waals surface area contributed by atoms with Gasteiger partial charge in [0.25, 0.3) is 0 Å². The van der Waals surface area contributed by atoms with Gasteiger partial charge in [-0.1, -0.05) is 17.7 Å². The predicted molar refractivity (Wildman–Crippen MR) is 100.0 cm³/mol. The Balaban J connectivity index is 2.23. The molecule has 28 heavy (non-hydrogen) atoms. The average Bonchev–Trinajstić information content (AvgIpc) is 2.56. The molecule has 156 valence electrons. The molecule has 0 bridgehead atoms. The van der Waals surface area contributed by atoms with E-state index < -0.39 is 45.3 Å². The molecule has 1 aliphatic heterocycles. The van der Waals surface area contributed by atoms with Gasteiger partial charge >= 0.3 is 12.1 Å². The fourth-order valence-corrected chi connectivity index (χ4v) is 4.77. The zero-order valence-corrected chi connectivity index (χ0v) is 17.3. The summed E-state index contributed by atoms with van der Waals surface area (Å²) in [5, 5.41) is 9.43. The van der Waals surface area contributed by atoms with Crippen molar-refractivity contribution in [1.82, 2.24) is 9.21 Å². The van der Waals surface area contributed by atoms with Crippen LogP contribution in [-0.2, 0) is 25.3 Å². The van der Waals surface area contributed by atoms with Gasteiger partial charge in [0, 0.05) is 23.7 Å². The molecule has 11 heteroatoms. The Labute approximate surface area is 167 Å². The van der Waals surface area contributed by atoms with E-state index in [1.165, 1.54) is 12.1 Å². The molecule has 1 aromatic rings. The molecule has 1 atom stereocenters. The number of hydrogen-bond acceptors (Lipinski definition) is 5. The molecule has 0 radical (unpaired) electrons. The van der Waals surface area contributed by atoms with Crippen LogP contribution in [0.5, 0.6) is 0 Å². The van der Waals surface area contributed by atoms with Crippen LogP contribution in [0, 0.1) is 5.82 Å². The van der Waals surface area contributed by atoms with Gasteiger partial charge in [0.05, 0.1) is 12.3 Å². The number of carboxylic acids is 1. The number of sulfonamides is 1. The molecule has 1 aromatic carbocycles. The highest BCUT2D eigenvalue weighted by atomic mass is 35.5. The predicted octanol–water partition coefficient (Wildman–Crippen LogP) is 2.31. The van der Waals surface area contributed by atoms with E-state index in [9.17, 15) is 27.5 Å². The van der Waals surface area contributed by atoms with Crippen molar-refractivity contribution in [2.24, 2.45) is 0 Å². The third-order valence-corrected chi connectivity index (χ3v) is 6.17. The van der Waals surface area contributed by atoms with E-state index in [2.05, 4.69) is 0 Å². The number of piperazine rings is 1. The van der Waals surface area contributed by atoms with E-state index in [-0.39, 0.29) is 30.2 Å². The molecular formula is C17H22ClFN2O6S. The van der Waals surface area contributed by atoms with Crippen molar-refractivity contribution < 1.29 is 32.2 Å². The number of carbonyl (C=O) groups is 2. The number of nitrogens with zero attached hydrogens (tertiary/aromatic N) is 2. The van der Waals surface area contributed by atoms with Crippen molar-refractivity contribution in [2.45, 2.75) is 38.2 Å². The first-order valence-corrected chi connectivity index (χ1v) is 10.4. The highest BCUT2D eigenvalue weighted by molar-refractivity contribution is 7.88. The summed E-state index contributed by atoms with van der Waals surface area (Å²) in [7, 11) is -4.21. The number of rotatable bonds is 4. The van der Waals surface area contributed by atoms with Crippen LogP contribution in [-0.4, -0.2) is 66.1 Å². The number of hydrogen-bond donors (Lipinski definition) is 1. The smallest absolute Gasteiger partial charge is 0.410 e. The van der Waals surface area contributed by atoms with Crippen LogP contribution in [0.2, 0.25) is 5.02 Å². The van der Waals surface area contributed by atoms with Crippen LogP contribution >= 0.6 is 11.6 Å². The van der Waals surface area contributed by atoms with Crippen LogP contribution in [0.4, 0.5) is 9.18 Å². The van der Waals surface area contributed by atoms with E-state index in [1.807, 2.05) is 0 Å². The topological polar surface area (TPSA) is 104 Å². The summed E-state index contributed by atoms with van der Waals surface area (Å²) in [6.45, 7) is 4.30. The summed E-state index contributed by atoms with van der Waals surface area (Å²) >= 11 is 5.89. The van der Waals surface area contributed by atoms with Gasteiger partial charge in [-0.05, 0) is 32.9 Å². The molecule has 0 aliphatic carbocycles. The van der Waals surface area contributed by atoms with Crippen molar-refractivity contribution in [3.8, 4) is 0 Å². The SMILES string of the molecule is CC(C)(C)OC(=O)N1CCN(S(=O)(=O)Cc2c(F)cccc2Cl)[C@@H](C(=O)O)C1. The first-order valence-electron chi connectivity index (χ1n) is 8.45. The van der Waals surface area contributed by atoms with E-state index in [0.29, 0.717) is 0 Å². The zero-order valence-electron chi connectivity index (χ0n) is 15.7. The minimum Gasteiger partial charge on any atom is -0.480 e. The summed E-state index contributed by atoms with van der Waals surface area (Å²) in [6, 6.07) is 2.25. The number of amides is 1. The van der Waals surface area contributed by atoms with Crippen LogP contribution in [0.25, 0.3) is 0 Å². The summed E-state index contributed by atoms with van der Waals surface area (Å²) in [4.78, 5) is 25.0. The molecule has 2 rings (SSSR count). The molecular weight excluding hydrogens is 415 g/mol. The van der Waals surface area contributed by atoms with Gasteiger partial charge in [0.2, 0.25) is 10.0 Å². The first kappa shape index (κ1) is 22.4. The fourth-order valence-electron chi connectivity index (χ4n) is 2.73. The van der Waals surface area contributed by atoms with Gasteiger partial charge in [-0.2, -0.15) is 4.31 Å². The standard InChI is InChI=1S/C17H22ClFN2O6S/c1-17(2,3)27-16(24)20-7-8-21(14(9-20)15(22)23)28(25,26)10-11-12(18)5-4-6-13(11)19/h4-6,14H,7-10H2,1-3H3,(H,22,23)/t14-/m1/s1. The Morgan fingerprint density at radius 1 is 1.32 bits per heavy atom. The van der Waals surface area contributed by atoms with Gasteiger partial charge < -0.3 is 14.7 Å². The van der Waals surface area contributed by atoms with Crippen LogP contribution in [0.3, 0.4) is 0 Å². The third-order valence-electron chi connectivity index (χ3n) is 4.01. The Bertz CT molecular complexity index is 851. The Hall–Kier alpha value is -1.91. The van der Waals surface area contributed by atoms with Crippen LogP contribution in [0.15, 0.2) is 18.2 Å². The Kier molecular flexibility index (Phi) is 6.57. The monoisotopic (exact) mass is 436 g/mol. The van der Waals surface area contributed by atoms with Crippen molar-refractivity contribution in [1.29, 1.82) is 0 Å². The van der Waals surface area contributed by atoms with Gasteiger partial charge in [0.15, 0.2) is 0 Å². The molecule has 0 saturated carbocycles. The molecule has 1 heterocycles. The molecule has 8 nitrogen and oxygen atoms in total. The molecule has 1 saturated heterocycles. The van der Waals surface area contributed by atoms with E-state index in [4.69, 9.17) is 16.3 Å². The Morgan fingerprint density at radius 3 is 2.50 bits per heavy atom. The summed E-state index contributed by atoms with van der Waals surface area (Å²) < 4.78 is 45.5. The number of benzene rings is 1. The van der Waals surface area contributed by atoms with Gasteiger partial charge in [-0.25, -0.2) is 17.6 Å². The maximum absolute atomic E-state index is 14.0. The summed E-state index contributed by atoms with van der Waals surface area (Å²) in [6.07, 6.45) is -0.729. The molecule has 1 aliphatic rings. The largest absolute Gasteiger partial charge is 0.480 e. The third kappa shape index (κ3) is 5.33. The van der Waals surface area contributed by atoms with Crippen molar-refractivity contribution >= 4 is 33.7 Å². The van der Waals surface area contributed by atoms with Crippen molar-refractivity contribution in [2.75, 3.05) is 19.6 Å². The number of ether oxygens (including phenoxy) is 1. The minimum absolute atomic E-state index is 0.0527. The lowest BCUT2D eigenvalue weighted by atomic mass is 10.2. The molecule has 0 spiro atoms. The number of carbonyl (C=O) groups excluding carboxylic acids is 1. The van der Waals surface area contributed by atoms with Crippen LogP contribution < -0.4 is 0 Å². The maximum atomic E-state index is 14.0. The van der Waals surface area contributed by atoms with E-state index in [0.717, 1.165) is 15.3 Å². The fraction of sp³-hybridized carbons (Fsp3) is 0.529. The maximum Gasteiger partial charge on any atom is 0.410 e. The van der Waals surface area contributed by atoms with Crippen molar-refractivity contribution in [3.63, 3.8) is 0 Å². The van der Waals surface area contributed by atoms with E-state index in [1.54, 1.807) is 20.8 Å². The second-order valence-corrected chi connectivity index (χ2v) is 9.68. The first-order chi connectivity index (χ1) is 12.8. The number of halogens is 2. The lowest BCUT2D eigenvalue weighted by molar-refractivity contribution is -0.143. The quantitative estimate of drug-likeness (QED) is 0.776. The average molecular weight is 437 g/mol. The van der Waals surface area contributed by atoms with Gasteiger partial charge in [0.1, 0.15) is 17.5 Å². The lowest BCUT2D eigenvalue weighted by Gasteiger charge is -2.38. The van der Waals surface area contributed by atoms with E-state index >= 15 is 0 Å². The number of aliphatic carboxylic acids is 1. The summed E-state index contributed by atoms with van der Waals surface area (Å²) in [5.41, 5.74) is -1.01. The molecule has 0 aromatic heterocycles. The molecule has 1 fully saturated rings. The highest BCUT2D eigenvalue weighted by Gasteiger charge is 2.42. The second-order valence-electron chi connectivity index (χ2n) is 7.35. The van der Waals surface area contributed by atoms with Crippen molar-refractivity contribution in [3.05, 3.63) is 34.6 Å². The molecule has 0 unspecified atom stereocenters. The summed E-state index contributed by atoms with van der Waals surface area (Å²) in [5.74, 6) is -3.00. The molecule has 1 N–H and O–H groups in total. The minimum atomic E-state index is -4.21. The zero-order chi connectivity index (χ0) is 21.3. The second kappa shape index (κ2) is 8.22. The lowest BCUT2D eigenvalue weighted by Crippen LogP contribution is -2.59.